The second-order valence-electron chi connectivity index (χ2n) is 6.34. The first-order valence-corrected chi connectivity index (χ1v) is 8.94. The van der Waals surface area contributed by atoms with E-state index in [9.17, 15) is 9.59 Å². The van der Waals surface area contributed by atoms with Crippen LogP contribution < -0.4 is 11.2 Å². The van der Waals surface area contributed by atoms with Gasteiger partial charge in [-0.15, -0.1) is 0 Å². The molecule has 0 aliphatic heterocycles. The number of imidazole rings is 1. The molecule has 130 valence electrons. The third-order valence-corrected chi connectivity index (χ3v) is 5.65. The quantitative estimate of drug-likeness (QED) is 0.740. The maximum Gasteiger partial charge on any atom is 0.326 e. The van der Waals surface area contributed by atoms with Crippen molar-refractivity contribution in [2.75, 3.05) is 0 Å². The molecule has 2 aromatic heterocycles. The van der Waals surface area contributed by atoms with Gasteiger partial charge in [-0.2, -0.15) is 5.10 Å². The van der Waals surface area contributed by atoms with Crippen LogP contribution in [0, 0.1) is 0 Å². The summed E-state index contributed by atoms with van der Waals surface area (Å²) >= 11 is 11.8. The number of aromatic amines is 1. The van der Waals surface area contributed by atoms with Gasteiger partial charge >= 0.3 is 5.69 Å². The maximum absolute atomic E-state index is 12.3. The minimum atomic E-state index is -0.359. The van der Waals surface area contributed by atoms with Crippen LogP contribution in [0.5, 0.6) is 0 Å². The van der Waals surface area contributed by atoms with Gasteiger partial charge in [-0.1, -0.05) is 35.3 Å². The number of fused-ring (bicyclic) bond motifs is 1. The summed E-state index contributed by atoms with van der Waals surface area (Å²) in [7, 11) is 0. The Labute approximate surface area is 153 Å². The van der Waals surface area contributed by atoms with E-state index in [2.05, 4.69) is 10.1 Å². The normalized spacial score (nSPS) is 20.9. The Bertz CT molecular complexity index is 1040. The summed E-state index contributed by atoms with van der Waals surface area (Å²) in [6.07, 6.45) is 4.49. The topological polar surface area (TPSA) is 72.7 Å². The fourth-order valence-corrected chi connectivity index (χ4v) is 3.94. The lowest BCUT2D eigenvalue weighted by Crippen LogP contribution is -2.32. The zero-order chi connectivity index (χ0) is 17.6. The average molecular weight is 379 g/mol. The first kappa shape index (κ1) is 16.4. The van der Waals surface area contributed by atoms with Gasteiger partial charge in [-0.3, -0.25) is 9.36 Å². The fraction of sp³-hybridized carbons (Fsp3) is 0.353. The summed E-state index contributed by atoms with van der Waals surface area (Å²) in [5.41, 5.74) is 1.31. The van der Waals surface area contributed by atoms with Gasteiger partial charge in [0.2, 0.25) is 0 Å². The molecule has 1 N–H and O–H groups in total. The number of H-pyrrole nitrogens is 1. The molecule has 6 nitrogen and oxygen atoms in total. The summed E-state index contributed by atoms with van der Waals surface area (Å²) in [4.78, 5) is 27.5. The number of nitrogens with one attached hydrogen (secondary N) is 1. The highest BCUT2D eigenvalue weighted by molar-refractivity contribution is 6.41. The zero-order valence-electron chi connectivity index (χ0n) is 13.3. The smallest absolute Gasteiger partial charge is 0.306 e. The molecular weight excluding hydrogens is 363 g/mol. The van der Waals surface area contributed by atoms with Crippen LogP contribution >= 0.6 is 23.2 Å². The van der Waals surface area contributed by atoms with Crippen LogP contribution in [0.4, 0.5) is 0 Å². The SMILES string of the molecule is O=c1c(Cl)c(Cl)cnn1[C@H]1CC[C@H](n2c(=O)[nH]c3ccccc32)CC1. The largest absolute Gasteiger partial charge is 0.326 e. The first-order chi connectivity index (χ1) is 12.1. The minimum Gasteiger partial charge on any atom is -0.306 e. The molecule has 0 amide bonds. The third kappa shape index (κ3) is 2.79. The van der Waals surface area contributed by atoms with E-state index in [0.717, 1.165) is 36.7 Å². The first-order valence-electron chi connectivity index (χ1n) is 8.18. The van der Waals surface area contributed by atoms with Crippen molar-refractivity contribution in [1.82, 2.24) is 19.3 Å². The van der Waals surface area contributed by atoms with E-state index in [1.165, 1.54) is 10.9 Å². The molecule has 0 atom stereocenters. The Morgan fingerprint density at radius 3 is 2.48 bits per heavy atom. The number of halogens is 2. The Morgan fingerprint density at radius 1 is 1.04 bits per heavy atom. The van der Waals surface area contributed by atoms with Crippen molar-refractivity contribution in [3.63, 3.8) is 0 Å². The molecule has 1 aromatic carbocycles. The van der Waals surface area contributed by atoms with Crippen LogP contribution in [0.1, 0.15) is 37.8 Å². The van der Waals surface area contributed by atoms with Crippen molar-refractivity contribution < 1.29 is 0 Å². The van der Waals surface area contributed by atoms with Crippen LogP contribution in [0.15, 0.2) is 40.1 Å². The molecule has 0 unspecified atom stereocenters. The monoisotopic (exact) mass is 378 g/mol. The van der Waals surface area contributed by atoms with Gasteiger partial charge in [0.1, 0.15) is 5.02 Å². The lowest BCUT2D eigenvalue weighted by Gasteiger charge is -2.29. The van der Waals surface area contributed by atoms with E-state index in [-0.39, 0.29) is 33.4 Å². The van der Waals surface area contributed by atoms with Gasteiger partial charge in [-0.25, -0.2) is 9.48 Å². The highest BCUT2D eigenvalue weighted by Gasteiger charge is 2.27. The van der Waals surface area contributed by atoms with Crippen LogP contribution in [0.2, 0.25) is 10.0 Å². The third-order valence-electron chi connectivity index (χ3n) is 4.90. The van der Waals surface area contributed by atoms with E-state index >= 15 is 0 Å². The van der Waals surface area contributed by atoms with Crippen molar-refractivity contribution in [3.05, 3.63) is 61.3 Å². The van der Waals surface area contributed by atoms with Crippen molar-refractivity contribution in [3.8, 4) is 0 Å². The molecule has 2 heterocycles. The van der Waals surface area contributed by atoms with E-state index in [1.54, 1.807) is 0 Å². The maximum atomic E-state index is 12.3. The average Bonchev–Trinajstić information content (AvgIpc) is 2.96. The van der Waals surface area contributed by atoms with Gasteiger partial charge in [0.15, 0.2) is 0 Å². The van der Waals surface area contributed by atoms with Gasteiger partial charge in [0.25, 0.3) is 5.56 Å². The van der Waals surface area contributed by atoms with Gasteiger partial charge < -0.3 is 4.98 Å². The predicted octanol–water partition coefficient (Wildman–Crippen LogP) is 3.55. The van der Waals surface area contributed by atoms with Crippen molar-refractivity contribution in [2.45, 2.75) is 37.8 Å². The number of hydrogen-bond donors (Lipinski definition) is 1. The Morgan fingerprint density at radius 2 is 1.72 bits per heavy atom. The summed E-state index contributed by atoms with van der Waals surface area (Å²) in [6.45, 7) is 0. The Hall–Kier alpha value is -2.05. The molecule has 0 saturated heterocycles. The second kappa shape index (κ2) is 6.35. The van der Waals surface area contributed by atoms with Crippen LogP contribution in [-0.2, 0) is 0 Å². The van der Waals surface area contributed by atoms with Gasteiger partial charge in [0.05, 0.1) is 28.3 Å². The minimum absolute atomic E-state index is 0.00615. The molecule has 8 heteroatoms. The number of para-hydroxylation sites is 2. The summed E-state index contributed by atoms with van der Waals surface area (Å²) < 4.78 is 3.25. The van der Waals surface area contributed by atoms with Crippen LogP contribution in [-0.4, -0.2) is 19.3 Å². The van der Waals surface area contributed by atoms with Gasteiger partial charge in [0, 0.05) is 6.04 Å². The number of nitrogens with zero attached hydrogens (tertiary/aromatic N) is 3. The highest BCUT2D eigenvalue weighted by Crippen LogP contribution is 2.35. The number of hydrogen-bond acceptors (Lipinski definition) is 3. The summed E-state index contributed by atoms with van der Waals surface area (Å²) in [6, 6.07) is 7.76. The van der Waals surface area contributed by atoms with Crippen molar-refractivity contribution in [2.24, 2.45) is 0 Å². The zero-order valence-corrected chi connectivity index (χ0v) is 14.8. The molecule has 0 bridgehead atoms. The number of aromatic nitrogens is 4. The van der Waals surface area contributed by atoms with Crippen molar-refractivity contribution >= 4 is 34.2 Å². The molecule has 3 aromatic rings. The van der Waals surface area contributed by atoms with Crippen molar-refractivity contribution in [1.29, 1.82) is 0 Å². The Kier molecular flexibility index (Phi) is 4.17. The highest BCUT2D eigenvalue weighted by atomic mass is 35.5. The predicted molar refractivity (Wildman–Crippen MR) is 97.6 cm³/mol. The number of rotatable bonds is 2. The van der Waals surface area contributed by atoms with E-state index in [1.807, 2.05) is 28.8 Å². The molecule has 1 saturated carbocycles. The van der Waals surface area contributed by atoms with Crippen LogP contribution in [0.25, 0.3) is 11.0 Å². The van der Waals surface area contributed by atoms with Crippen LogP contribution in [0.3, 0.4) is 0 Å². The Balaban J connectivity index is 1.60. The standard InChI is InChI=1S/C17H16Cl2N4O2/c18-12-9-20-23(16(24)15(12)19)11-7-5-10(6-8-11)22-14-4-2-1-3-13(14)21-17(22)25/h1-4,9-11H,5-8H2,(H,21,25)/t10-,11-. The molecule has 4 rings (SSSR count). The second-order valence-corrected chi connectivity index (χ2v) is 7.12. The van der Waals surface area contributed by atoms with Gasteiger partial charge in [-0.05, 0) is 37.8 Å². The van der Waals surface area contributed by atoms with E-state index < -0.39 is 0 Å². The molecule has 1 fully saturated rings. The molecule has 1 aliphatic rings. The van der Waals surface area contributed by atoms with E-state index in [4.69, 9.17) is 23.2 Å². The lowest BCUT2D eigenvalue weighted by atomic mass is 9.91. The summed E-state index contributed by atoms with van der Waals surface area (Å²) in [5, 5.41) is 4.31. The molecule has 0 radical (unpaired) electrons. The molecule has 25 heavy (non-hydrogen) atoms. The molecule has 1 aliphatic carbocycles. The van der Waals surface area contributed by atoms with E-state index in [0.29, 0.717) is 0 Å². The molecule has 0 spiro atoms. The molecular formula is C17H16Cl2N4O2. The summed E-state index contributed by atoms with van der Waals surface area (Å²) in [5.74, 6) is 0. The lowest BCUT2D eigenvalue weighted by molar-refractivity contribution is 0.255. The fourth-order valence-electron chi connectivity index (χ4n) is 3.68. The number of benzene rings is 1.